The molecule has 5 rings (SSSR count). The number of halogens is 5. The molecule has 0 radical (unpaired) electrons. The van der Waals surface area contributed by atoms with Crippen LogP contribution in [0.25, 0.3) is 0 Å². The summed E-state index contributed by atoms with van der Waals surface area (Å²) in [5.41, 5.74) is 9.11. The summed E-state index contributed by atoms with van der Waals surface area (Å²) in [7, 11) is 0. The summed E-state index contributed by atoms with van der Waals surface area (Å²) in [4.78, 5) is 16.2. The molecule has 0 saturated heterocycles. The number of anilines is 1. The van der Waals surface area contributed by atoms with Crippen molar-refractivity contribution in [2.45, 2.75) is 18.9 Å². The van der Waals surface area contributed by atoms with Crippen LogP contribution < -0.4 is 20.9 Å². The fraction of sp³-hybridized carbons (Fsp3) is 0.103. The third-order valence-corrected chi connectivity index (χ3v) is 6.50. The van der Waals surface area contributed by atoms with Gasteiger partial charge in [-0.1, -0.05) is 48.0 Å². The van der Waals surface area contributed by atoms with Crippen molar-refractivity contribution in [2.24, 2.45) is 10.7 Å². The first-order chi connectivity index (χ1) is 19.1. The van der Waals surface area contributed by atoms with Gasteiger partial charge in [-0.25, -0.2) is 14.4 Å². The van der Waals surface area contributed by atoms with Crippen LogP contribution in [-0.2, 0) is 12.6 Å². The first kappa shape index (κ1) is 27.0. The first-order valence-electron chi connectivity index (χ1n) is 12.0. The second-order valence-electron chi connectivity index (χ2n) is 8.90. The predicted octanol–water partition coefficient (Wildman–Crippen LogP) is 6.32. The fourth-order valence-corrected chi connectivity index (χ4v) is 4.40. The lowest BCUT2D eigenvalue weighted by molar-refractivity contribution is -0.137. The SMILES string of the molecule is NC(=O)c1cccc(Cc2ccc(Cl)c(C3=NC(Oc4ccccc4)N(c4ccc(C(F)(F)F)cc4)N3)c2)c1F. The molecule has 1 amide bonds. The van der Waals surface area contributed by atoms with Crippen LogP contribution in [0.3, 0.4) is 0 Å². The minimum atomic E-state index is -4.48. The lowest BCUT2D eigenvalue weighted by Gasteiger charge is -2.25. The highest BCUT2D eigenvalue weighted by molar-refractivity contribution is 6.34. The smallest absolute Gasteiger partial charge is 0.416 e. The van der Waals surface area contributed by atoms with Crippen LogP contribution in [0.15, 0.2) is 96.0 Å². The number of rotatable bonds is 7. The molecule has 0 bridgehead atoms. The number of nitrogens with two attached hydrogens (primary N) is 1. The minimum absolute atomic E-state index is 0.136. The van der Waals surface area contributed by atoms with Gasteiger partial charge in [0, 0.05) is 12.0 Å². The van der Waals surface area contributed by atoms with Gasteiger partial charge >= 0.3 is 6.18 Å². The molecule has 1 aliphatic rings. The standard InChI is InChI=1S/C29H21ClF4N4O2/c30-24-14-9-17(15-18-5-4-8-22(25(18)31)26(35)39)16-23(24)27-36-28(40-21-6-2-1-3-7-21)38(37-27)20-12-10-19(11-13-20)29(32,33)34/h1-14,16,28H,15H2,(H2,35,39)(H,36,37). The van der Waals surface area contributed by atoms with E-state index in [9.17, 15) is 22.4 Å². The Kier molecular flexibility index (Phi) is 7.36. The van der Waals surface area contributed by atoms with Gasteiger partial charge in [0.15, 0.2) is 5.84 Å². The number of amidine groups is 1. The van der Waals surface area contributed by atoms with Crippen LogP contribution in [0.5, 0.6) is 5.75 Å². The third kappa shape index (κ3) is 5.72. The number of nitrogens with one attached hydrogen (secondary N) is 1. The largest absolute Gasteiger partial charge is 0.449 e. The van der Waals surface area contributed by atoms with Gasteiger partial charge in [0.25, 0.3) is 12.3 Å². The van der Waals surface area contributed by atoms with Crippen molar-refractivity contribution in [1.82, 2.24) is 5.43 Å². The Bertz CT molecular complexity index is 1580. The number of hydrogen-bond acceptors (Lipinski definition) is 5. The normalized spacial score (nSPS) is 15.0. The average Bonchev–Trinajstić information content (AvgIpc) is 3.34. The Morgan fingerprint density at radius 3 is 2.40 bits per heavy atom. The van der Waals surface area contributed by atoms with Gasteiger partial charge < -0.3 is 10.5 Å². The summed E-state index contributed by atoms with van der Waals surface area (Å²) >= 11 is 6.51. The minimum Gasteiger partial charge on any atom is -0.449 e. The van der Waals surface area contributed by atoms with E-state index in [1.54, 1.807) is 54.6 Å². The summed E-state index contributed by atoms with van der Waals surface area (Å²) in [6.07, 6.45) is -5.33. The van der Waals surface area contributed by atoms with Crippen molar-refractivity contribution in [3.8, 4) is 5.75 Å². The highest BCUT2D eigenvalue weighted by Gasteiger charge is 2.33. The number of alkyl halides is 3. The lowest BCUT2D eigenvalue weighted by Crippen LogP contribution is -2.43. The maximum absolute atomic E-state index is 14.8. The molecule has 204 valence electrons. The van der Waals surface area contributed by atoms with Crippen molar-refractivity contribution < 1.29 is 27.1 Å². The van der Waals surface area contributed by atoms with Gasteiger partial charge in [-0.2, -0.15) is 13.2 Å². The Labute approximate surface area is 231 Å². The molecule has 11 heteroatoms. The van der Waals surface area contributed by atoms with Gasteiger partial charge in [-0.05, 0) is 65.7 Å². The summed E-state index contributed by atoms with van der Waals surface area (Å²) < 4.78 is 60.3. The summed E-state index contributed by atoms with van der Waals surface area (Å²) in [6.45, 7) is 0. The van der Waals surface area contributed by atoms with E-state index in [1.807, 2.05) is 6.07 Å². The van der Waals surface area contributed by atoms with Crippen LogP contribution >= 0.6 is 11.6 Å². The van der Waals surface area contributed by atoms with Gasteiger partial charge in [0.2, 0.25) is 0 Å². The topological polar surface area (TPSA) is 80.0 Å². The highest BCUT2D eigenvalue weighted by atomic mass is 35.5. The van der Waals surface area contributed by atoms with Crippen molar-refractivity contribution in [1.29, 1.82) is 0 Å². The number of carbonyl (C=O) groups is 1. The van der Waals surface area contributed by atoms with Crippen molar-refractivity contribution in [3.05, 3.63) is 130 Å². The van der Waals surface area contributed by atoms with Crippen molar-refractivity contribution >= 4 is 29.0 Å². The molecule has 1 heterocycles. The van der Waals surface area contributed by atoms with Crippen LogP contribution in [0, 0.1) is 5.82 Å². The number of hydrogen-bond donors (Lipinski definition) is 2. The number of para-hydroxylation sites is 1. The Morgan fingerprint density at radius 1 is 1.00 bits per heavy atom. The molecule has 6 nitrogen and oxygen atoms in total. The summed E-state index contributed by atoms with van der Waals surface area (Å²) in [6, 6.07) is 22.8. The van der Waals surface area contributed by atoms with Gasteiger partial charge in [-0.15, -0.1) is 0 Å². The highest BCUT2D eigenvalue weighted by Crippen LogP contribution is 2.32. The number of benzene rings is 4. The van der Waals surface area contributed by atoms with E-state index in [-0.39, 0.29) is 17.5 Å². The number of aliphatic imine (C=N–C) groups is 1. The number of amides is 1. The zero-order chi connectivity index (χ0) is 28.4. The van der Waals surface area contributed by atoms with E-state index in [2.05, 4.69) is 10.4 Å². The number of nitrogens with zero attached hydrogens (tertiary/aromatic N) is 2. The third-order valence-electron chi connectivity index (χ3n) is 6.17. The summed E-state index contributed by atoms with van der Waals surface area (Å²) in [5.74, 6) is -0.791. The predicted molar refractivity (Wildman–Crippen MR) is 144 cm³/mol. The molecule has 40 heavy (non-hydrogen) atoms. The Morgan fingerprint density at radius 2 is 1.73 bits per heavy atom. The van der Waals surface area contributed by atoms with E-state index in [1.165, 1.54) is 23.2 Å². The molecule has 0 spiro atoms. The first-order valence-corrected chi connectivity index (χ1v) is 12.4. The molecule has 1 atom stereocenters. The molecule has 4 aromatic carbocycles. The maximum Gasteiger partial charge on any atom is 0.416 e. The number of primary amides is 1. The Balaban J connectivity index is 1.47. The quantitative estimate of drug-likeness (QED) is 0.256. The number of ether oxygens (including phenoxy) is 1. The Hall–Kier alpha value is -4.57. The molecule has 0 saturated carbocycles. The van der Waals surface area contributed by atoms with Gasteiger partial charge in [0.1, 0.15) is 11.6 Å². The van der Waals surface area contributed by atoms with Crippen LogP contribution in [-0.4, -0.2) is 18.1 Å². The van der Waals surface area contributed by atoms with E-state index >= 15 is 0 Å². The average molecular weight is 569 g/mol. The van der Waals surface area contributed by atoms with E-state index in [0.29, 0.717) is 33.4 Å². The fourth-order valence-electron chi connectivity index (χ4n) is 4.19. The molecule has 0 aromatic heterocycles. The lowest BCUT2D eigenvalue weighted by atomic mass is 10.00. The molecule has 3 N–H and O–H groups in total. The molecule has 1 unspecified atom stereocenters. The molecule has 1 aliphatic heterocycles. The zero-order valence-corrected chi connectivity index (χ0v) is 21.4. The van der Waals surface area contributed by atoms with Crippen LogP contribution in [0.1, 0.15) is 32.6 Å². The molecular formula is C29H21ClF4N4O2. The number of hydrazine groups is 1. The van der Waals surface area contributed by atoms with Crippen LogP contribution in [0.4, 0.5) is 23.2 Å². The van der Waals surface area contributed by atoms with Gasteiger partial charge in [0.05, 0.1) is 21.8 Å². The maximum atomic E-state index is 14.8. The van der Waals surface area contributed by atoms with Gasteiger partial charge in [-0.3, -0.25) is 10.2 Å². The second kappa shape index (κ2) is 10.9. The van der Waals surface area contributed by atoms with E-state index in [4.69, 9.17) is 22.1 Å². The molecule has 0 aliphatic carbocycles. The number of carbonyl (C=O) groups excluding carboxylic acids is 1. The van der Waals surface area contributed by atoms with Crippen LogP contribution in [0.2, 0.25) is 5.02 Å². The van der Waals surface area contributed by atoms with E-state index < -0.39 is 29.8 Å². The van der Waals surface area contributed by atoms with E-state index in [0.717, 1.165) is 12.1 Å². The summed E-state index contributed by atoms with van der Waals surface area (Å²) in [5, 5.41) is 1.80. The molecular weight excluding hydrogens is 548 g/mol. The molecule has 0 fully saturated rings. The monoisotopic (exact) mass is 568 g/mol. The van der Waals surface area contributed by atoms with Crippen molar-refractivity contribution in [3.63, 3.8) is 0 Å². The molecule has 4 aromatic rings. The zero-order valence-electron chi connectivity index (χ0n) is 20.6. The second-order valence-corrected chi connectivity index (χ2v) is 9.30. The van der Waals surface area contributed by atoms with Crippen molar-refractivity contribution in [2.75, 3.05) is 5.01 Å².